The molecule has 0 spiro atoms. The van der Waals surface area contributed by atoms with Crippen molar-refractivity contribution >= 4 is 0 Å². The third-order valence-corrected chi connectivity index (χ3v) is 4.92. The summed E-state index contributed by atoms with van der Waals surface area (Å²) in [6.45, 7) is 14.2. The lowest BCUT2D eigenvalue weighted by Crippen LogP contribution is -2.20. The summed E-state index contributed by atoms with van der Waals surface area (Å²) < 4.78 is 5.02. The lowest BCUT2D eigenvalue weighted by atomic mass is 9.87. The highest BCUT2D eigenvalue weighted by Crippen LogP contribution is 2.27. The standard InChI is InChI=1S/C19H33NO/c1-14-15(2)17(4)19(18(5)16(14)3)10-8-7-9-11-20-12-13-21-6/h20H,7-13H2,1-6H3. The van der Waals surface area contributed by atoms with E-state index < -0.39 is 0 Å². The van der Waals surface area contributed by atoms with Gasteiger partial charge in [0.25, 0.3) is 0 Å². The van der Waals surface area contributed by atoms with Crippen molar-refractivity contribution in [1.29, 1.82) is 0 Å². The molecule has 21 heavy (non-hydrogen) atoms. The van der Waals surface area contributed by atoms with E-state index in [1.165, 1.54) is 53.5 Å². The molecule has 0 bridgehead atoms. The van der Waals surface area contributed by atoms with Crippen LogP contribution in [0.5, 0.6) is 0 Å². The summed E-state index contributed by atoms with van der Waals surface area (Å²) in [6, 6.07) is 0. The van der Waals surface area contributed by atoms with Crippen LogP contribution in [0.4, 0.5) is 0 Å². The zero-order valence-electron chi connectivity index (χ0n) is 14.9. The molecule has 0 unspecified atom stereocenters. The van der Waals surface area contributed by atoms with E-state index in [2.05, 4.69) is 39.9 Å². The van der Waals surface area contributed by atoms with E-state index in [1.807, 2.05) is 0 Å². The monoisotopic (exact) mass is 291 g/mol. The highest BCUT2D eigenvalue weighted by Gasteiger charge is 2.11. The molecule has 1 aromatic carbocycles. The lowest BCUT2D eigenvalue weighted by molar-refractivity contribution is 0.199. The molecular formula is C19H33NO. The third kappa shape index (κ3) is 5.12. The minimum Gasteiger partial charge on any atom is -0.383 e. The van der Waals surface area contributed by atoms with Gasteiger partial charge in [-0.3, -0.25) is 0 Å². The summed E-state index contributed by atoms with van der Waals surface area (Å²) in [6.07, 6.45) is 5.06. The molecule has 1 aromatic rings. The highest BCUT2D eigenvalue weighted by molar-refractivity contribution is 5.49. The van der Waals surface area contributed by atoms with Gasteiger partial charge in [0.1, 0.15) is 0 Å². The Balaban J connectivity index is 2.43. The molecule has 0 aliphatic rings. The summed E-state index contributed by atoms with van der Waals surface area (Å²) in [5, 5.41) is 3.41. The summed E-state index contributed by atoms with van der Waals surface area (Å²) in [4.78, 5) is 0. The van der Waals surface area contributed by atoms with E-state index in [-0.39, 0.29) is 0 Å². The van der Waals surface area contributed by atoms with Crippen LogP contribution >= 0.6 is 0 Å². The molecule has 0 aromatic heterocycles. The van der Waals surface area contributed by atoms with Crippen molar-refractivity contribution in [2.75, 3.05) is 26.8 Å². The van der Waals surface area contributed by atoms with Crippen molar-refractivity contribution in [3.63, 3.8) is 0 Å². The quantitative estimate of drug-likeness (QED) is 0.689. The zero-order chi connectivity index (χ0) is 15.8. The van der Waals surface area contributed by atoms with Gasteiger partial charge in [-0.25, -0.2) is 0 Å². The van der Waals surface area contributed by atoms with Crippen molar-refractivity contribution in [3.05, 3.63) is 33.4 Å². The number of hydrogen-bond donors (Lipinski definition) is 1. The number of nitrogens with one attached hydrogen (secondary N) is 1. The van der Waals surface area contributed by atoms with Crippen molar-refractivity contribution in [2.24, 2.45) is 0 Å². The Morgan fingerprint density at radius 3 is 1.86 bits per heavy atom. The number of ether oxygens (including phenoxy) is 1. The van der Waals surface area contributed by atoms with E-state index in [1.54, 1.807) is 12.7 Å². The molecule has 2 heteroatoms. The Hall–Kier alpha value is -0.860. The van der Waals surface area contributed by atoms with Crippen LogP contribution in [0.1, 0.15) is 52.6 Å². The van der Waals surface area contributed by atoms with Crippen molar-refractivity contribution < 1.29 is 4.74 Å². The Bertz CT molecular complexity index is 422. The fourth-order valence-corrected chi connectivity index (χ4v) is 2.98. The van der Waals surface area contributed by atoms with Gasteiger partial charge >= 0.3 is 0 Å². The Labute approximate surface area is 131 Å². The first kappa shape index (κ1) is 18.2. The maximum atomic E-state index is 5.02. The molecule has 0 atom stereocenters. The highest BCUT2D eigenvalue weighted by atomic mass is 16.5. The fourth-order valence-electron chi connectivity index (χ4n) is 2.98. The van der Waals surface area contributed by atoms with Crippen LogP contribution in [-0.4, -0.2) is 26.8 Å². The normalized spacial score (nSPS) is 11.1. The molecule has 2 nitrogen and oxygen atoms in total. The molecule has 0 fully saturated rings. The predicted molar refractivity (Wildman–Crippen MR) is 92.4 cm³/mol. The third-order valence-electron chi connectivity index (χ3n) is 4.92. The van der Waals surface area contributed by atoms with Crippen LogP contribution in [0.2, 0.25) is 0 Å². The van der Waals surface area contributed by atoms with Gasteiger partial charge in [-0.05, 0) is 93.8 Å². The maximum absolute atomic E-state index is 5.02. The molecule has 1 N–H and O–H groups in total. The summed E-state index contributed by atoms with van der Waals surface area (Å²) >= 11 is 0. The largest absolute Gasteiger partial charge is 0.383 e. The van der Waals surface area contributed by atoms with E-state index in [0.29, 0.717) is 0 Å². The van der Waals surface area contributed by atoms with Crippen molar-refractivity contribution in [3.8, 4) is 0 Å². The second kappa shape index (κ2) is 9.22. The smallest absolute Gasteiger partial charge is 0.0587 e. The second-order valence-electron chi connectivity index (χ2n) is 6.16. The van der Waals surface area contributed by atoms with Gasteiger partial charge in [-0.1, -0.05) is 6.42 Å². The first-order valence-corrected chi connectivity index (χ1v) is 8.26. The molecule has 120 valence electrons. The first-order valence-electron chi connectivity index (χ1n) is 8.26. The predicted octanol–water partition coefficient (Wildman–Crippen LogP) is 4.18. The fraction of sp³-hybridized carbons (Fsp3) is 0.684. The molecule has 0 saturated carbocycles. The lowest BCUT2D eigenvalue weighted by Gasteiger charge is -2.18. The number of unbranched alkanes of at least 4 members (excludes halogenated alkanes) is 2. The van der Waals surface area contributed by atoms with Crippen molar-refractivity contribution in [2.45, 2.75) is 60.3 Å². The number of methoxy groups -OCH3 is 1. The maximum Gasteiger partial charge on any atom is 0.0587 e. The van der Waals surface area contributed by atoms with Crippen LogP contribution in [0.3, 0.4) is 0 Å². The topological polar surface area (TPSA) is 21.3 Å². The van der Waals surface area contributed by atoms with Crippen molar-refractivity contribution in [1.82, 2.24) is 5.32 Å². The van der Waals surface area contributed by atoms with Gasteiger partial charge in [0.05, 0.1) is 6.61 Å². The number of benzene rings is 1. The minimum absolute atomic E-state index is 0.806. The van der Waals surface area contributed by atoms with Crippen LogP contribution in [0, 0.1) is 34.6 Å². The molecule has 1 rings (SSSR count). The van der Waals surface area contributed by atoms with Gasteiger partial charge in [-0.2, -0.15) is 0 Å². The molecule has 0 radical (unpaired) electrons. The summed E-state index contributed by atoms with van der Waals surface area (Å²) in [5.41, 5.74) is 9.03. The number of hydrogen-bond acceptors (Lipinski definition) is 2. The minimum atomic E-state index is 0.806. The Morgan fingerprint density at radius 2 is 1.29 bits per heavy atom. The SMILES string of the molecule is COCCNCCCCCc1c(C)c(C)c(C)c(C)c1C. The molecule has 0 amide bonds. The molecule has 0 saturated heterocycles. The van der Waals surface area contributed by atoms with Gasteiger partial charge in [0.2, 0.25) is 0 Å². The number of rotatable bonds is 9. The Morgan fingerprint density at radius 1 is 0.714 bits per heavy atom. The van der Waals surface area contributed by atoms with E-state index in [9.17, 15) is 0 Å². The van der Waals surface area contributed by atoms with E-state index in [4.69, 9.17) is 4.74 Å². The average molecular weight is 291 g/mol. The summed E-state index contributed by atoms with van der Waals surface area (Å²) in [7, 11) is 1.75. The zero-order valence-corrected chi connectivity index (χ0v) is 14.9. The van der Waals surface area contributed by atoms with Crippen LogP contribution in [0.25, 0.3) is 0 Å². The van der Waals surface area contributed by atoms with E-state index in [0.717, 1.165) is 19.7 Å². The molecule has 0 aliphatic heterocycles. The van der Waals surface area contributed by atoms with Crippen LogP contribution in [0.15, 0.2) is 0 Å². The van der Waals surface area contributed by atoms with Gasteiger partial charge in [0.15, 0.2) is 0 Å². The second-order valence-corrected chi connectivity index (χ2v) is 6.16. The van der Waals surface area contributed by atoms with Gasteiger partial charge in [0, 0.05) is 13.7 Å². The average Bonchev–Trinajstić information content (AvgIpc) is 2.49. The summed E-state index contributed by atoms with van der Waals surface area (Å²) in [5.74, 6) is 0. The van der Waals surface area contributed by atoms with Gasteiger partial charge < -0.3 is 10.1 Å². The Kier molecular flexibility index (Phi) is 7.98. The van der Waals surface area contributed by atoms with Crippen LogP contribution in [-0.2, 0) is 11.2 Å². The first-order chi connectivity index (χ1) is 10.0. The van der Waals surface area contributed by atoms with E-state index >= 15 is 0 Å². The van der Waals surface area contributed by atoms with Gasteiger partial charge in [-0.15, -0.1) is 0 Å². The molecule has 0 aliphatic carbocycles. The van der Waals surface area contributed by atoms with Crippen LogP contribution < -0.4 is 5.32 Å². The molecule has 0 heterocycles. The molecular weight excluding hydrogens is 258 g/mol.